The first-order valence-corrected chi connectivity index (χ1v) is 8.23. The van der Waals surface area contributed by atoms with E-state index in [9.17, 15) is 8.42 Å². The second-order valence-corrected chi connectivity index (χ2v) is 6.90. The molecule has 2 rings (SSSR count). The number of nitriles is 1. The molecule has 0 bridgehead atoms. The van der Waals surface area contributed by atoms with Crippen LogP contribution in [0.5, 0.6) is 0 Å². The molecule has 6 heteroatoms. The highest BCUT2D eigenvalue weighted by Gasteiger charge is 2.30. The van der Waals surface area contributed by atoms with E-state index in [1.54, 1.807) is 24.3 Å². The van der Waals surface area contributed by atoms with Crippen molar-refractivity contribution in [2.75, 3.05) is 6.54 Å². The van der Waals surface area contributed by atoms with Gasteiger partial charge in [-0.15, -0.1) is 0 Å². The number of nitrogens with zero attached hydrogens (tertiary/aromatic N) is 2. The van der Waals surface area contributed by atoms with Crippen LogP contribution < -0.4 is 5.73 Å². The predicted octanol–water partition coefficient (Wildman–Crippen LogP) is 1.60. The van der Waals surface area contributed by atoms with E-state index in [1.165, 1.54) is 4.31 Å². The Labute approximate surface area is 120 Å². The van der Waals surface area contributed by atoms with Gasteiger partial charge in [0, 0.05) is 6.54 Å². The molecule has 0 amide bonds. The number of sulfonamides is 1. The van der Waals surface area contributed by atoms with Crippen molar-refractivity contribution in [3.63, 3.8) is 0 Å². The van der Waals surface area contributed by atoms with Gasteiger partial charge >= 0.3 is 0 Å². The Kier molecular flexibility index (Phi) is 4.76. The topological polar surface area (TPSA) is 87.2 Å². The Morgan fingerprint density at radius 2 is 1.95 bits per heavy atom. The molecule has 2 N–H and O–H groups in total. The normalized spacial score (nSPS) is 21.1. The lowest BCUT2D eigenvalue weighted by molar-refractivity contribution is 0.329. The summed E-state index contributed by atoms with van der Waals surface area (Å²) in [6.45, 7) is 0.476. The zero-order valence-corrected chi connectivity index (χ0v) is 12.1. The molecule has 1 unspecified atom stereocenters. The first-order valence-electron chi connectivity index (χ1n) is 6.79. The molecule has 20 heavy (non-hydrogen) atoms. The van der Waals surface area contributed by atoms with Crippen LogP contribution in [0.2, 0.25) is 0 Å². The number of nitrogens with two attached hydrogens (primary N) is 1. The minimum absolute atomic E-state index is 0.247. The van der Waals surface area contributed by atoms with E-state index in [4.69, 9.17) is 11.0 Å². The van der Waals surface area contributed by atoms with E-state index in [-0.39, 0.29) is 11.3 Å². The van der Waals surface area contributed by atoms with Gasteiger partial charge in [-0.05, 0) is 30.5 Å². The largest absolute Gasteiger partial charge is 0.315 e. The first-order chi connectivity index (χ1) is 9.55. The Morgan fingerprint density at radius 1 is 1.25 bits per heavy atom. The van der Waals surface area contributed by atoms with Crippen LogP contribution in [-0.2, 0) is 16.4 Å². The van der Waals surface area contributed by atoms with Gasteiger partial charge in [-0.2, -0.15) is 9.57 Å². The summed E-state index contributed by atoms with van der Waals surface area (Å²) in [5.74, 6) is 0. The molecule has 1 aliphatic heterocycles. The van der Waals surface area contributed by atoms with Crippen molar-refractivity contribution in [2.45, 2.75) is 43.2 Å². The predicted molar refractivity (Wildman–Crippen MR) is 76.1 cm³/mol. The standard InChI is InChI=1S/C14H19N3O2S/c15-10-9-12-5-7-13(8-6-12)20(18,19)17-11-3-1-2-4-14(17)16/h5-8,14H,1-4,9,11,16H2. The highest BCUT2D eigenvalue weighted by atomic mass is 32.2. The highest BCUT2D eigenvalue weighted by molar-refractivity contribution is 7.89. The van der Waals surface area contributed by atoms with Crippen LogP contribution >= 0.6 is 0 Å². The van der Waals surface area contributed by atoms with E-state index >= 15 is 0 Å². The second kappa shape index (κ2) is 6.35. The van der Waals surface area contributed by atoms with Crippen molar-refractivity contribution >= 4 is 10.0 Å². The molecule has 1 aromatic carbocycles. The molecular formula is C14H19N3O2S. The van der Waals surface area contributed by atoms with Crippen LogP contribution in [0.15, 0.2) is 29.2 Å². The maximum atomic E-state index is 12.6. The fourth-order valence-corrected chi connectivity index (χ4v) is 3.99. The molecule has 5 nitrogen and oxygen atoms in total. The lowest BCUT2D eigenvalue weighted by Crippen LogP contribution is -2.45. The molecule has 1 aliphatic rings. The van der Waals surface area contributed by atoms with Gasteiger partial charge in [0.1, 0.15) is 0 Å². The summed E-state index contributed by atoms with van der Waals surface area (Å²) in [5.41, 5.74) is 6.80. The summed E-state index contributed by atoms with van der Waals surface area (Å²) in [6, 6.07) is 8.51. The van der Waals surface area contributed by atoms with Crippen molar-refractivity contribution in [3.8, 4) is 6.07 Å². The zero-order valence-electron chi connectivity index (χ0n) is 11.3. The number of rotatable bonds is 3. The SMILES string of the molecule is N#CCc1ccc(S(=O)(=O)N2CCCCCC2N)cc1. The lowest BCUT2D eigenvalue weighted by atomic mass is 10.2. The van der Waals surface area contributed by atoms with Crippen LogP contribution in [0.3, 0.4) is 0 Å². The van der Waals surface area contributed by atoms with E-state index in [1.807, 2.05) is 6.07 Å². The Hall–Kier alpha value is -1.42. The number of benzene rings is 1. The highest BCUT2D eigenvalue weighted by Crippen LogP contribution is 2.23. The summed E-state index contributed by atoms with van der Waals surface area (Å²) >= 11 is 0. The fraction of sp³-hybridized carbons (Fsp3) is 0.500. The Bertz CT molecular complexity index is 590. The van der Waals surface area contributed by atoms with Crippen molar-refractivity contribution < 1.29 is 8.42 Å². The summed E-state index contributed by atoms with van der Waals surface area (Å²) in [7, 11) is -3.54. The summed E-state index contributed by atoms with van der Waals surface area (Å²) in [4.78, 5) is 0.247. The van der Waals surface area contributed by atoms with Crippen LogP contribution in [0, 0.1) is 11.3 Å². The van der Waals surface area contributed by atoms with E-state index in [0.717, 1.165) is 24.8 Å². The third kappa shape index (κ3) is 3.18. The van der Waals surface area contributed by atoms with Gasteiger partial charge in [0.2, 0.25) is 10.0 Å². The molecule has 0 radical (unpaired) electrons. The molecule has 1 heterocycles. The average Bonchev–Trinajstić information content (AvgIpc) is 2.65. The third-order valence-electron chi connectivity index (χ3n) is 3.56. The molecular weight excluding hydrogens is 274 g/mol. The van der Waals surface area contributed by atoms with Crippen LogP contribution in [-0.4, -0.2) is 25.4 Å². The number of hydrogen-bond donors (Lipinski definition) is 1. The Balaban J connectivity index is 2.26. The maximum Gasteiger partial charge on any atom is 0.244 e. The monoisotopic (exact) mass is 293 g/mol. The molecule has 108 valence electrons. The molecule has 0 aliphatic carbocycles. The molecule has 0 spiro atoms. The second-order valence-electron chi connectivity index (χ2n) is 5.01. The smallest absolute Gasteiger partial charge is 0.244 e. The van der Waals surface area contributed by atoms with Crippen molar-refractivity contribution in [1.29, 1.82) is 5.26 Å². The van der Waals surface area contributed by atoms with Gasteiger partial charge in [0.15, 0.2) is 0 Å². The summed E-state index contributed by atoms with van der Waals surface area (Å²) < 4.78 is 26.6. The van der Waals surface area contributed by atoms with Gasteiger partial charge in [-0.3, -0.25) is 0 Å². The Morgan fingerprint density at radius 3 is 2.60 bits per heavy atom. The third-order valence-corrected chi connectivity index (χ3v) is 5.50. The minimum atomic E-state index is -3.54. The molecule has 0 saturated carbocycles. The lowest BCUT2D eigenvalue weighted by Gasteiger charge is -2.26. The molecule has 1 atom stereocenters. The van der Waals surface area contributed by atoms with E-state index in [0.29, 0.717) is 13.0 Å². The summed E-state index contributed by atoms with van der Waals surface area (Å²) in [5, 5.41) is 8.63. The van der Waals surface area contributed by atoms with Gasteiger partial charge in [0.05, 0.1) is 23.6 Å². The van der Waals surface area contributed by atoms with E-state index < -0.39 is 16.2 Å². The van der Waals surface area contributed by atoms with Crippen LogP contribution in [0.25, 0.3) is 0 Å². The number of hydrogen-bond acceptors (Lipinski definition) is 4. The van der Waals surface area contributed by atoms with Crippen molar-refractivity contribution in [3.05, 3.63) is 29.8 Å². The summed E-state index contributed by atoms with van der Waals surface area (Å²) in [6.07, 6.45) is 3.37. The average molecular weight is 293 g/mol. The van der Waals surface area contributed by atoms with Gasteiger partial charge in [0.25, 0.3) is 0 Å². The molecule has 0 aromatic heterocycles. The van der Waals surface area contributed by atoms with Gasteiger partial charge in [-0.25, -0.2) is 8.42 Å². The fourth-order valence-electron chi connectivity index (χ4n) is 2.41. The minimum Gasteiger partial charge on any atom is -0.315 e. The quantitative estimate of drug-likeness (QED) is 0.917. The van der Waals surface area contributed by atoms with E-state index in [2.05, 4.69) is 0 Å². The molecule has 1 fully saturated rings. The zero-order chi connectivity index (χ0) is 14.6. The van der Waals surface area contributed by atoms with Crippen LogP contribution in [0.4, 0.5) is 0 Å². The van der Waals surface area contributed by atoms with Crippen molar-refractivity contribution in [2.24, 2.45) is 5.73 Å². The maximum absolute atomic E-state index is 12.6. The molecule has 1 saturated heterocycles. The van der Waals surface area contributed by atoms with Gasteiger partial charge < -0.3 is 5.73 Å². The van der Waals surface area contributed by atoms with Crippen molar-refractivity contribution in [1.82, 2.24) is 4.31 Å². The van der Waals surface area contributed by atoms with Gasteiger partial charge in [-0.1, -0.05) is 25.0 Å². The molecule has 1 aromatic rings. The first kappa shape index (κ1) is 15.0. The van der Waals surface area contributed by atoms with Crippen LogP contribution in [0.1, 0.15) is 31.2 Å².